The van der Waals surface area contributed by atoms with Gasteiger partial charge in [-0.15, -0.1) is 11.3 Å². The molecule has 2 heterocycles. The maximum absolute atomic E-state index is 12.0. The number of hydrogen-bond donors (Lipinski definition) is 1. The summed E-state index contributed by atoms with van der Waals surface area (Å²) in [5, 5.41) is 6.82. The third kappa shape index (κ3) is 4.38. The van der Waals surface area contributed by atoms with Crippen LogP contribution in [0.4, 0.5) is 4.79 Å². The standard InChI is InChI=1S/C14H23N3OS2/c1-10(2)13-16-12(9-20-13)4-5-15-14(18)17-6-7-19-11(3)8-17/h9-11H,4-8H2,1-3H3,(H,15,18)/t11-/m1/s1. The second-order valence-corrected chi connectivity index (χ2v) is 7.88. The molecular weight excluding hydrogens is 290 g/mol. The molecule has 1 N–H and O–H groups in total. The number of amides is 2. The summed E-state index contributed by atoms with van der Waals surface area (Å²) in [7, 11) is 0. The second kappa shape index (κ2) is 7.31. The lowest BCUT2D eigenvalue weighted by Gasteiger charge is -2.30. The van der Waals surface area contributed by atoms with Crippen molar-refractivity contribution in [3.05, 3.63) is 16.1 Å². The first kappa shape index (κ1) is 15.6. The molecule has 1 aromatic rings. The molecule has 0 spiro atoms. The Bertz CT molecular complexity index is 447. The molecule has 0 saturated carbocycles. The largest absolute Gasteiger partial charge is 0.338 e. The molecule has 112 valence electrons. The van der Waals surface area contributed by atoms with Gasteiger partial charge in [-0.25, -0.2) is 9.78 Å². The van der Waals surface area contributed by atoms with Gasteiger partial charge < -0.3 is 10.2 Å². The van der Waals surface area contributed by atoms with Crippen molar-refractivity contribution in [1.82, 2.24) is 15.2 Å². The average Bonchev–Trinajstić information content (AvgIpc) is 2.87. The van der Waals surface area contributed by atoms with Gasteiger partial charge in [0.1, 0.15) is 0 Å². The molecule has 1 aliphatic heterocycles. The Labute approximate surface area is 129 Å². The predicted molar refractivity (Wildman–Crippen MR) is 86.8 cm³/mol. The molecule has 2 rings (SSSR count). The summed E-state index contributed by atoms with van der Waals surface area (Å²) in [5.74, 6) is 1.52. The van der Waals surface area contributed by atoms with Crippen LogP contribution >= 0.6 is 23.1 Å². The minimum atomic E-state index is 0.0662. The summed E-state index contributed by atoms with van der Waals surface area (Å²) in [6.07, 6.45) is 0.813. The van der Waals surface area contributed by atoms with E-state index in [2.05, 4.69) is 36.5 Å². The first-order valence-electron chi connectivity index (χ1n) is 7.15. The smallest absolute Gasteiger partial charge is 0.317 e. The van der Waals surface area contributed by atoms with Gasteiger partial charge in [0, 0.05) is 48.4 Å². The first-order valence-corrected chi connectivity index (χ1v) is 9.07. The highest BCUT2D eigenvalue weighted by Gasteiger charge is 2.20. The van der Waals surface area contributed by atoms with Crippen molar-refractivity contribution in [2.75, 3.05) is 25.4 Å². The fourth-order valence-corrected chi connectivity index (χ4v) is 4.00. The number of urea groups is 1. The van der Waals surface area contributed by atoms with Crippen LogP contribution in [0.1, 0.15) is 37.4 Å². The van der Waals surface area contributed by atoms with Gasteiger partial charge in [0.05, 0.1) is 10.7 Å². The Morgan fingerprint density at radius 3 is 3.05 bits per heavy atom. The highest BCUT2D eigenvalue weighted by Crippen LogP contribution is 2.19. The van der Waals surface area contributed by atoms with Gasteiger partial charge in [0.25, 0.3) is 0 Å². The van der Waals surface area contributed by atoms with Crippen LogP contribution in [0.2, 0.25) is 0 Å². The zero-order valence-electron chi connectivity index (χ0n) is 12.4. The Morgan fingerprint density at radius 2 is 2.40 bits per heavy atom. The van der Waals surface area contributed by atoms with Crippen LogP contribution in [0.25, 0.3) is 0 Å². The number of thioether (sulfide) groups is 1. The topological polar surface area (TPSA) is 45.2 Å². The van der Waals surface area contributed by atoms with Crippen molar-refractivity contribution in [3.8, 4) is 0 Å². The van der Waals surface area contributed by atoms with E-state index in [0.717, 1.165) is 31.0 Å². The Kier molecular flexibility index (Phi) is 5.72. The highest BCUT2D eigenvalue weighted by molar-refractivity contribution is 7.99. The van der Waals surface area contributed by atoms with Crippen LogP contribution in [0, 0.1) is 0 Å². The van der Waals surface area contributed by atoms with Crippen LogP contribution in [0.5, 0.6) is 0 Å². The molecule has 1 atom stereocenters. The van der Waals surface area contributed by atoms with Crippen molar-refractivity contribution < 1.29 is 4.79 Å². The van der Waals surface area contributed by atoms with Gasteiger partial charge in [0.15, 0.2) is 0 Å². The Hall–Kier alpha value is -0.750. The Balaban J connectivity index is 1.73. The third-order valence-electron chi connectivity index (χ3n) is 3.25. The van der Waals surface area contributed by atoms with Gasteiger partial charge in [0.2, 0.25) is 0 Å². The number of aromatic nitrogens is 1. The lowest BCUT2D eigenvalue weighted by atomic mass is 10.2. The SMILES string of the molecule is CC(C)c1nc(CCNC(=O)N2CCS[C@H](C)C2)cs1. The fraction of sp³-hybridized carbons (Fsp3) is 0.714. The molecule has 1 aromatic heterocycles. The number of hydrogen-bond acceptors (Lipinski definition) is 4. The van der Waals surface area contributed by atoms with E-state index >= 15 is 0 Å². The van der Waals surface area contributed by atoms with E-state index in [1.807, 2.05) is 16.7 Å². The predicted octanol–water partition coefficient (Wildman–Crippen LogP) is 2.96. The van der Waals surface area contributed by atoms with E-state index in [4.69, 9.17) is 0 Å². The molecule has 6 heteroatoms. The summed E-state index contributed by atoms with van der Waals surface area (Å²) in [6, 6.07) is 0.0662. The Morgan fingerprint density at radius 1 is 1.60 bits per heavy atom. The molecule has 0 aliphatic carbocycles. The number of nitrogens with zero attached hydrogens (tertiary/aromatic N) is 2. The number of carbonyl (C=O) groups excluding carboxylic acids is 1. The fourth-order valence-electron chi connectivity index (χ4n) is 2.11. The highest BCUT2D eigenvalue weighted by atomic mass is 32.2. The minimum absolute atomic E-state index is 0.0662. The maximum atomic E-state index is 12.0. The number of rotatable bonds is 4. The monoisotopic (exact) mass is 313 g/mol. The molecule has 0 unspecified atom stereocenters. The molecule has 4 nitrogen and oxygen atoms in total. The van der Waals surface area contributed by atoms with Crippen LogP contribution in [0.3, 0.4) is 0 Å². The van der Waals surface area contributed by atoms with Crippen molar-refractivity contribution in [2.24, 2.45) is 0 Å². The van der Waals surface area contributed by atoms with Gasteiger partial charge in [-0.05, 0) is 0 Å². The average molecular weight is 313 g/mol. The second-order valence-electron chi connectivity index (χ2n) is 5.44. The molecule has 1 fully saturated rings. The van der Waals surface area contributed by atoms with E-state index in [1.54, 1.807) is 11.3 Å². The molecule has 0 radical (unpaired) electrons. The van der Waals surface area contributed by atoms with E-state index in [0.29, 0.717) is 17.7 Å². The molecule has 1 saturated heterocycles. The van der Waals surface area contributed by atoms with E-state index in [-0.39, 0.29) is 6.03 Å². The van der Waals surface area contributed by atoms with Crippen LogP contribution in [0.15, 0.2) is 5.38 Å². The van der Waals surface area contributed by atoms with Gasteiger partial charge in [-0.1, -0.05) is 20.8 Å². The molecule has 0 bridgehead atoms. The first-order chi connectivity index (χ1) is 9.56. The van der Waals surface area contributed by atoms with Crippen molar-refractivity contribution in [1.29, 1.82) is 0 Å². The zero-order chi connectivity index (χ0) is 14.5. The number of nitrogens with one attached hydrogen (secondary N) is 1. The number of carbonyl (C=O) groups is 1. The lowest BCUT2D eigenvalue weighted by molar-refractivity contribution is 0.200. The van der Waals surface area contributed by atoms with Crippen LogP contribution in [-0.2, 0) is 6.42 Å². The molecule has 1 aliphatic rings. The van der Waals surface area contributed by atoms with E-state index in [9.17, 15) is 4.79 Å². The van der Waals surface area contributed by atoms with Crippen LogP contribution < -0.4 is 5.32 Å². The third-order valence-corrected chi connectivity index (χ3v) is 5.58. The van der Waals surface area contributed by atoms with E-state index < -0.39 is 0 Å². The zero-order valence-corrected chi connectivity index (χ0v) is 14.0. The van der Waals surface area contributed by atoms with E-state index in [1.165, 1.54) is 5.01 Å². The quantitative estimate of drug-likeness (QED) is 0.929. The van der Waals surface area contributed by atoms with Gasteiger partial charge in [-0.3, -0.25) is 0 Å². The molecule has 2 amide bonds. The molecule has 0 aromatic carbocycles. The molecular formula is C14H23N3OS2. The van der Waals surface area contributed by atoms with Crippen molar-refractivity contribution in [2.45, 2.75) is 38.4 Å². The normalized spacial score (nSPS) is 19.4. The number of thiazole rings is 1. The summed E-state index contributed by atoms with van der Waals surface area (Å²) in [6.45, 7) is 8.85. The summed E-state index contributed by atoms with van der Waals surface area (Å²) < 4.78 is 0. The maximum Gasteiger partial charge on any atom is 0.317 e. The lowest BCUT2D eigenvalue weighted by Crippen LogP contribution is -2.46. The van der Waals surface area contributed by atoms with Gasteiger partial charge in [-0.2, -0.15) is 11.8 Å². The molecule has 20 heavy (non-hydrogen) atoms. The van der Waals surface area contributed by atoms with Crippen LogP contribution in [-0.4, -0.2) is 46.6 Å². The summed E-state index contributed by atoms with van der Waals surface area (Å²) in [5.41, 5.74) is 1.08. The van der Waals surface area contributed by atoms with Crippen molar-refractivity contribution >= 4 is 29.1 Å². The minimum Gasteiger partial charge on any atom is -0.338 e. The van der Waals surface area contributed by atoms with Gasteiger partial charge >= 0.3 is 6.03 Å². The summed E-state index contributed by atoms with van der Waals surface area (Å²) in [4.78, 5) is 18.5. The summed E-state index contributed by atoms with van der Waals surface area (Å²) >= 11 is 3.64. The van der Waals surface area contributed by atoms with Crippen molar-refractivity contribution in [3.63, 3.8) is 0 Å².